The molecule has 1 heterocycles. The van der Waals surface area contributed by atoms with Gasteiger partial charge in [-0.1, -0.05) is 281 Å². The summed E-state index contributed by atoms with van der Waals surface area (Å²) in [4.78, 5) is 13.2. The molecule has 0 bridgehead atoms. The zero-order valence-electron chi connectivity index (χ0n) is 51.8. The van der Waals surface area contributed by atoms with Gasteiger partial charge in [-0.2, -0.15) is 0 Å². The smallest absolute Gasteiger partial charge is 0.249 e. The molecule has 9 unspecified atom stereocenters. The SMILES string of the molecule is CCCCCCCCCCC/C=C\C/C=C\CCCCCCCCCCCCCCCCCCC(O)C(=O)NC(COC1OC(CO)C(O)C(O)C1O)C(O)C(O)CCC/C=C/CC/C=C/CCCCCCCCCCCCCC. The van der Waals surface area contributed by atoms with Crippen LogP contribution in [0, 0.1) is 0 Å². The second kappa shape index (κ2) is 57.5. The predicted octanol–water partition coefficient (Wildman–Crippen LogP) is 16.0. The Morgan fingerprint density at radius 3 is 1.19 bits per heavy atom. The molecular formula is C69H129NO10. The second-order valence-electron chi connectivity index (χ2n) is 23.9. The van der Waals surface area contributed by atoms with E-state index in [-0.39, 0.29) is 12.8 Å². The largest absolute Gasteiger partial charge is 0.394 e. The first kappa shape index (κ1) is 76.1. The van der Waals surface area contributed by atoms with Gasteiger partial charge in [-0.15, -0.1) is 0 Å². The highest BCUT2D eigenvalue weighted by molar-refractivity contribution is 5.80. The Bertz CT molecular complexity index is 1440. The highest BCUT2D eigenvalue weighted by Crippen LogP contribution is 2.24. The van der Waals surface area contributed by atoms with Crippen molar-refractivity contribution in [2.24, 2.45) is 0 Å². The van der Waals surface area contributed by atoms with Crippen LogP contribution in [-0.4, -0.2) is 110 Å². The molecule has 9 atom stereocenters. The monoisotopic (exact) mass is 1130 g/mol. The van der Waals surface area contributed by atoms with Crippen molar-refractivity contribution >= 4 is 5.91 Å². The lowest BCUT2D eigenvalue weighted by Gasteiger charge is -2.40. The number of amides is 1. The molecule has 1 aliphatic rings. The first-order chi connectivity index (χ1) is 39.2. The fourth-order valence-electron chi connectivity index (χ4n) is 10.8. The third-order valence-corrected chi connectivity index (χ3v) is 16.3. The summed E-state index contributed by atoms with van der Waals surface area (Å²) in [5.41, 5.74) is 0. The number of allylic oxidation sites excluding steroid dienone is 8. The zero-order valence-corrected chi connectivity index (χ0v) is 51.8. The molecule has 1 aliphatic heterocycles. The molecule has 1 amide bonds. The van der Waals surface area contributed by atoms with Gasteiger partial charge in [0.1, 0.15) is 36.6 Å². The van der Waals surface area contributed by atoms with Crippen molar-refractivity contribution in [3.63, 3.8) is 0 Å². The molecule has 0 aromatic carbocycles. The van der Waals surface area contributed by atoms with Crippen molar-refractivity contribution in [2.45, 2.75) is 371 Å². The van der Waals surface area contributed by atoms with Crippen LogP contribution in [0.15, 0.2) is 48.6 Å². The van der Waals surface area contributed by atoms with Gasteiger partial charge in [0, 0.05) is 0 Å². The Morgan fingerprint density at radius 1 is 0.438 bits per heavy atom. The van der Waals surface area contributed by atoms with Crippen molar-refractivity contribution in [1.82, 2.24) is 5.32 Å². The van der Waals surface area contributed by atoms with Crippen molar-refractivity contribution in [3.05, 3.63) is 48.6 Å². The lowest BCUT2D eigenvalue weighted by molar-refractivity contribution is -0.303. The van der Waals surface area contributed by atoms with Gasteiger partial charge < -0.3 is 50.5 Å². The van der Waals surface area contributed by atoms with Crippen molar-refractivity contribution in [2.75, 3.05) is 13.2 Å². The normalized spacial score (nSPS) is 19.5. The highest BCUT2D eigenvalue weighted by Gasteiger charge is 2.44. The summed E-state index contributed by atoms with van der Waals surface area (Å²) < 4.78 is 11.2. The number of ether oxygens (including phenoxy) is 2. The summed E-state index contributed by atoms with van der Waals surface area (Å²) in [6, 6.07) is -1.19. The topological polar surface area (TPSA) is 189 Å². The van der Waals surface area contributed by atoms with E-state index in [1.165, 1.54) is 225 Å². The van der Waals surface area contributed by atoms with Crippen LogP contribution in [0.5, 0.6) is 0 Å². The number of aliphatic hydroxyl groups excluding tert-OH is 7. The van der Waals surface area contributed by atoms with E-state index in [2.05, 4.69) is 67.8 Å². The van der Waals surface area contributed by atoms with E-state index in [0.717, 1.165) is 44.9 Å². The quantitative estimate of drug-likeness (QED) is 0.0215. The summed E-state index contributed by atoms with van der Waals surface area (Å²) in [6.45, 7) is 3.47. The van der Waals surface area contributed by atoms with Crippen LogP contribution in [0.25, 0.3) is 0 Å². The molecule has 1 fully saturated rings. The number of unbranched alkanes of at least 4 members (excludes halogenated alkanes) is 39. The van der Waals surface area contributed by atoms with Crippen LogP contribution in [-0.2, 0) is 14.3 Å². The van der Waals surface area contributed by atoms with Crippen LogP contribution >= 0.6 is 0 Å². The second-order valence-corrected chi connectivity index (χ2v) is 23.9. The standard InChI is InChI=1S/C69H129NO10/c1-3-5-7-9-11-13-15-17-19-21-23-25-26-27-28-29-30-31-32-33-34-35-37-39-41-43-45-47-49-51-53-55-57-62(73)68(78)70-60(59-79-69-67(77)66(76)65(75)63(58-71)80-69)64(74)61(72)56-54-52-50-48-46-44-42-40-38-36-24-22-20-18-16-14-12-10-8-6-4-2/h23,25,27-28,40,42,48,50,60-67,69,71-77H,3-22,24,26,29-39,41,43-47,49,51-59H2,1-2H3,(H,70,78)/b25-23-,28-27-,42-40+,50-48+. The van der Waals surface area contributed by atoms with Crippen LogP contribution in [0.1, 0.15) is 316 Å². The molecule has 470 valence electrons. The van der Waals surface area contributed by atoms with Gasteiger partial charge >= 0.3 is 0 Å². The number of carbonyl (C=O) groups is 1. The van der Waals surface area contributed by atoms with Crippen LogP contribution in [0.2, 0.25) is 0 Å². The summed E-state index contributed by atoms with van der Waals surface area (Å²) in [5, 5.41) is 76.4. The van der Waals surface area contributed by atoms with Crippen molar-refractivity contribution in [1.29, 1.82) is 0 Å². The first-order valence-electron chi connectivity index (χ1n) is 34.0. The molecule has 11 nitrogen and oxygen atoms in total. The maximum Gasteiger partial charge on any atom is 0.249 e. The van der Waals surface area contributed by atoms with Gasteiger partial charge in [0.05, 0.1) is 25.4 Å². The number of aliphatic hydroxyl groups is 7. The molecule has 0 saturated carbocycles. The number of hydrogen-bond acceptors (Lipinski definition) is 10. The minimum absolute atomic E-state index is 0.247. The molecule has 8 N–H and O–H groups in total. The Balaban J connectivity index is 2.22. The van der Waals surface area contributed by atoms with Crippen molar-refractivity contribution < 1.29 is 50.0 Å². The van der Waals surface area contributed by atoms with Crippen LogP contribution < -0.4 is 5.32 Å². The average molecular weight is 1130 g/mol. The van der Waals surface area contributed by atoms with Gasteiger partial charge in [0.15, 0.2) is 6.29 Å². The molecule has 80 heavy (non-hydrogen) atoms. The van der Waals surface area contributed by atoms with Gasteiger partial charge in [0.2, 0.25) is 5.91 Å². The fraction of sp³-hybridized carbons (Fsp3) is 0.870. The Kier molecular flexibility index (Phi) is 54.7. The summed E-state index contributed by atoms with van der Waals surface area (Å²) in [5.74, 6) is -0.707. The predicted molar refractivity (Wildman–Crippen MR) is 335 cm³/mol. The maximum absolute atomic E-state index is 13.2. The molecule has 11 heteroatoms. The van der Waals surface area contributed by atoms with Gasteiger partial charge in [-0.3, -0.25) is 4.79 Å². The van der Waals surface area contributed by atoms with Crippen molar-refractivity contribution in [3.8, 4) is 0 Å². The molecule has 1 rings (SSSR count). The van der Waals surface area contributed by atoms with Gasteiger partial charge in [0.25, 0.3) is 0 Å². The van der Waals surface area contributed by atoms with Crippen LogP contribution in [0.4, 0.5) is 0 Å². The Morgan fingerprint density at radius 2 is 0.787 bits per heavy atom. The molecule has 0 aromatic rings. The fourth-order valence-corrected chi connectivity index (χ4v) is 10.8. The van der Waals surface area contributed by atoms with Gasteiger partial charge in [-0.25, -0.2) is 0 Å². The molecule has 1 saturated heterocycles. The Labute approximate surface area is 491 Å². The third kappa shape index (κ3) is 44.6. The van der Waals surface area contributed by atoms with Crippen LogP contribution in [0.3, 0.4) is 0 Å². The Hall–Kier alpha value is -1.93. The highest BCUT2D eigenvalue weighted by atomic mass is 16.7. The lowest BCUT2D eigenvalue weighted by atomic mass is 9.98. The van der Waals surface area contributed by atoms with E-state index in [4.69, 9.17) is 9.47 Å². The van der Waals surface area contributed by atoms with E-state index >= 15 is 0 Å². The number of rotatable bonds is 59. The van der Waals surface area contributed by atoms with E-state index in [1.54, 1.807) is 0 Å². The molecule has 0 radical (unpaired) electrons. The zero-order chi connectivity index (χ0) is 58.2. The minimum Gasteiger partial charge on any atom is -0.394 e. The van der Waals surface area contributed by atoms with E-state index in [0.29, 0.717) is 19.3 Å². The number of hydrogen-bond donors (Lipinski definition) is 8. The molecular weight excluding hydrogens is 1000 g/mol. The average Bonchev–Trinajstić information content (AvgIpc) is 3.46. The molecule has 0 aliphatic carbocycles. The number of nitrogens with one attached hydrogen (secondary N) is 1. The van der Waals surface area contributed by atoms with Gasteiger partial charge in [-0.05, 0) is 83.5 Å². The number of carbonyl (C=O) groups excluding carboxylic acids is 1. The van der Waals surface area contributed by atoms with E-state index in [9.17, 15) is 40.5 Å². The molecule has 0 aromatic heterocycles. The van der Waals surface area contributed by atoms with E-state index < -0.39 is 74.2 Å². The summed E-state index contributed by atoms with van der Waals surface area (Å²) in [7, 11) is 0. The van der Waals surface area contributed by atoms with E-state index in [1.807, 2.05) is 0 Å². The summed E-state index contributed by atoms with van der Waals surface area (Å²) in [6.07, 6.45) is 63.3. The summed E-state index contributed by atoms with van der Waals surface area (Å²) >= 11 is 0. The minimum atomic E-state index is -1.67. The third-order valence-electron chi connectivity index (χ3n) is 16.3. The lowest BCUT2D eigenvalue weighted by Crippen LogP contribution is -2.60. The molecule has 0 spiro atoms. The maximum atomic E-state index is 13.2. The first-order valence-corrected chi connectivity index (χ1v) is 34.0.